The second-order valence-corrected chi connectivity index (χ2v) is 7.72. The van der Waals surface area contributed by atoms with Gasteiger partial charge in [0.1, 0.15) is 18.1 Å². The number of aliphatic carboxylic acids is 2. The first-order chi connectivity index (χ1) is 15.0. The Kier molecular flexibility index (Phi) is 10.6. The fourth-order valence-corrected chi connectivity index (χ4v) is 2.77. The lowest BCUT2D eigenvalue weighted by atomic mass is 10.0. The highest BCUT2D eigenvalue weighted by Gasteiger charge is 2.31. The number of rotatable bonds is 13. The minimum Gasteiger partial charge on any atom is -0.481 e. The molecule has 1 aromatic heterocycles. The van der Waals surface area contributed by atoms with Crippen LogP contribution in [-0.2, 0) is 30.4 Å². The number of carboxylic acid groups (broad SMARTS) is 2. The van der Waals surface area contributed by atoms with Gasteiger partial charge in [-0.1, -0.05) is 13.8 Å². The predicted octanol–water partition coefficient (Wildman–Crippen LogP) is -2.12. The molecule has 4 unspecified atom stereocenters. The van der Waals surface area contributed by atoms with Crippen LogP contribution >= 0.6 is 12.6 Å². The number of H-pyrrole nitrogens is 1. The van der Waals surface area contributed by atoms with Gasteiger partial charge in [-0.25, -0.2) is 9.78 Å². The summed E-state index contributed by atoms with van der Waals surface area (Å²) in [5, 5.41) is 25.3. The number of nitrogens with zero attached hydrogens (tertiary/aromatic N) is 1. The van der Waals surface area contributed by atoms with Crippen LogP contribution in [0.3, 0.4) is 0 Å². The number of nitrogens with two attached hydrogens (primary N) is 1. The molecule has 0 radical (unpaired) electrons. The lowest BCUT2D eigenvalue weighted by Gasteiger charge is -2.24. The molecule has 1 heterocycles. The van der Waals surface area contributed by atoms with Crippen LogP contribution in [0.4, 0.5) is 0 Å². The van der Waals surface area contributed by atoms with E-state index >= 15 is 0 Å². The molecular formula is C18H28N6O7S. The molecule has 0 fully saturated rings. The predicted molar refractivity (Wildman–Crippen MR) is 115 cm³/mol. The number of carbonyl (C=O) groups is 5. The molecule has 0 aliphatic carbocycles. The van der Waals surface area contributed by atoms with Crippen molar-refractivity contribution in [2.45, 2.75) is 50.9 Å². The van der Waals surface area contributed by atoms with Gasteiger partial charge in [-0.2, -0.15) is 12.6 Å². The van der Waals surface area contributed by atoms with Gasteiger partial charge in [-0.05, 0) is 5.92 Å². The molecule has 13 nitrogen and oxygen atoms in total. The minimum atomic E-state index is -1.50. The van der Waals surface area contributed by atoms with E-state index in [1.54, 1.807) is 13.8 Å². The van der Waals surface area contributed by atoms with Crippen LogP contribution in [0.5, 0.6) is 0 Å². The van der Waals surface area contributed by atoms with Crippen LogP contribution in [0.25, 0.3) is 0 Å². The van der Waals surface area contributed by atoms with E-state index in [0.29, 0.717) is 5.69 Å². The van der Waals surface area contributed by atoms with E-state index in [1.165, 1.54) is 12.5 Å². The van der Waals surface area contributed by atoms with E-state index in [1.807, 2.05) is 0 Å². The van der Waals surface area contributed by atoms with Crippen molar-refractivity contribution in [1.29, 1.82) is 0 Å². The maximum atomic E-state index is 12.6. The highest BCUT2D eigenvalue weighted by molar-refractivity contribution is 7.80. The zero-order valence-electron chi connectivity index (χ0n) is 17.6. The lowest BCUT2D eigenvalue weighted by molar-refractivity contribution is -0.143. The van der Waals surface area contributed by atoms with E-state index < -0.39 is 60.2 Å². The summed E-state index contributed by atoms with van der Waals surface area (Å²) in [6.07, 6.45) is 1.93. The Morgan fingerprint density at radius 2 is 1.59 bits per heavy atom. The molecule has 178 valence electrons. The fraction of sp³-hybridized carbons (Fsp3) is 0.556. The van der Waals surface area contributed by atoms with E-state index in [2.05, 4.69) is 38.5 Å². The molecule has 32 heavy (non-hydrogen) atoms. The summed E-state index contributed by atoms with van der Waals surface area (Å²) in [5.41, 5.74) is 6.19. The molecule has 0 saturated carbocycles. The zero-order chi connectivity index (χ0) is 24.4. The van der Waals surface area contributed by atoms with Crippen LogP contribution in [0.15, 0.2) is 12.5 Å². The average molecular weight is 473 g/mol. The summed E-state index contributed by atoms with van der Waals surface area (Å²) >= 11 is 4.00. The average Bonchev–Trinajstić information content (AvgIpc) is 3.22. The van der Waals surface area contributed by atoms with Crippen molar-refractivity contribution >= 4 is 42.3 Å². The van der Waals surface area contributed by atoms with Crippen molar-refractivity contribution in [3.63, 3.8) is 0 Å². The van der Waals surface area contributed by atoms with Crippen LogP contribution < -0.4 is 21.7 Å². The van der Waals surface area contributed by atoms with Crippen molar-refractivity contribution in [2.24, 2.45) is 11.7 Å². The first kappa shape index (κ1) is 26.9. The van der Waals surface area contributed by atoms with Crippen molar-refractivity contribution in [3.05, 3.63) is 18.2 Å². The second-order valence-electron chi connectivity index (χ2n) is 7.35. The third kappa shape index (κ3) is 8.55. The van der Waals surface area contributed by atoms with Gasteiger partial charge < -0.3 is 36.9 Å². The second kappa shape index (κ2) is 12.7. The highest BCUT2D eigenvalue weighted by Crippen LogP contribution is 2.03. The molecule has 0 saturated heterocycles. The fourth-order valence-electron chi connectivity index (χ4n) is 2.51. The summed E-state index contributed by atoms with van der Waals surface area (Å²) in [7, 11) is 0. The molecule has 0 aliphatic rings. The number of aromatic nitrogens is 2. The normalized spacial score (nSPS) is 14.7. The van der Waals surface area contributed by atoms with E-state index in [0.717, 1.165) is 0 Å². The number of hydrogen-bond donors (Lipinski definition) is 8. The van der Waals surface area contributed by atoms with Crippen molar-refractivity contribution in [3.8, 4) is 0 Å². The first-order valence-electron chi connectivity index (χ1n) is 9.65. The smallest absolute Gasteiger partial charge is 0.326 e. The standard InChI is InChI=1S/C18H28N6O7S/c1-8(2)14(19)17(29)22-10(4-13(25)26)15(27)24-12(6-32)16(28)23-11(18(30)31)3-9-5-20-7-21-9/h5,7-8,10-12,14,32H,3-4,6,19H2,1-2H3,(H,20,21)(H,22,29)(H,23,28)(H,24,27)(H,25,26)(H,30,31). The Morgan fingerprint density at radius 1 is 1.03 bits per heavy atom. The Hall–Kier alpha value is -3.13. The van der Waals surface area contributed by atoms with Crippen LogP contribution in [0, 0.1) is 5.92 Å². The third-order valence-corrected chi connectivity index (χ3v) is 4.81. The summed E-state index contributed by atoms with van der Waals surface area (Å²) in [5.74, 6) is -5.67. The lowest BCUT2D eigenvalue weighted by Crippen LogP contribution is -2.58. The van der Waals surface area contributed by atoms with Gasteiger partial charge in [-0.15, -0.1) is 0 Å². The third-order valence-electron chi connectivity index (χ3n) is 4.44. The number of nitrogens with one attached hydrogen (secondary N) is 4. The van der Waals surface area contributed by atoms with Crippen LogP contribution in [0.2, 0.25) is 0 Å². The highest BCUT2D eigenvalue weighted by atomic mass is 32.1. The minimum absolute atomic E-state index is 0.0842. The number of carbonyl (C=O) groups excluding carboxylic acids is 3. The molecule has 0 aliphatic heterocycles. The van der Waals surface area contributed by atoms with E-state index in [-0.39, 0.29) is 18.1 Å². The molecule has 4 atom stereocenters. The monoisotopic (exact) mass is 472 g/mol. The Labute approximate surface area is 189 Å². The Bertz CT molecular complexity index is 817. The molecule has 0 bridgehead atoms. The molecule has 1 aromatic rings. The number of carboxylic acids is 2. The van der Waals surface area contributed by atoms with Crippen LogP contribution in [-0.4, -0.2) is 79.8 Å². The first-order valence-corrected chi connectivity index (χ1v) is 10.3. The Morgan fingerprint density at radius 3 is 2.06 bits per heavy atom. The van der Waals surface area contributed by atoms with Gasteiger partial charge >= 0.3 is 11.9 Å². The molecule has 1 rings (SSSR count). The van der Waals surface area contributed by atoms with Gasteiger partial charge in [0.05, 0.1) is 18.8 Å². The molecular weight excluding hydrogens is 444 g/mol. The maximum Gasteiger partial charge on any atom is 0.326 e. The molecule has 0 aromatic carbocycles. The van der Waals surface area contributed by atoms with E-state index in [4.69, 9.17) is 10.8 Å². The van der Waals surface area contributed by atoms with Gasteiger partial charge in [0, 0.05) is 24.1 Å². The number of imidazole rings is 1. The SMILES string of the molecule is CC(C)C(N)C(=O)NC(CC(=O)O)C(=O)NC(CS)C(=O)NC(Cc1cnc[nH]1)C(=O)O. The van der Waals surface area contributed by atoms with Gasteiger partial charge in [-0.3, -0.25) is 19.2 Å². The topological polar surface area (TPSA) is 217 Å². The summed E-state index contributed by atoms with van der Waals surface area (Å²) in [6, 6.07) is -5.08. The van der Waals surface area contributed by atoms with Crippen molar-refractivity contribution < 1.29 is 34.2 Å². The van der Waals surface area contributed by atoms with Gasteiger partial charge in [0.2, 0.25) is 17.7 Å². The number of amides is 3. The number of hydrogen-bond acceptors (Lipinski definition) is 8. The zero-order valence-corrected chi connectivity index (χ0v) is 18.5. The number of thiol groups is 1. The summed E-state index contributed by atoms with van der Waals surface area (Å²) < 4.78 is 0. The van der Waals surface area contributed by atoms with Crippen molar-refractivity contribution in [1.82, 2.24) is 25.9 Å². The van der Waals surface area contributed by atoms with E-state index in [9.17, 15) is 29.1 Å². The molecule has 0 spiro atoms. The molecule has 14 heteroatoms. The quantitative estimate of drug-likeness (QED) is 0.147. The van der Waals surface area contributed by atoms with Gasteiger partial charge in [0.15, 0.2) is 0 Å². The van der Waals surface area contributed by atoms with Crippen LogP contribution in [0.1, 0.15) is 26.0 Å². The van der Waals surface area contributed by atoms with Gasteiger partial charge in [0.25, 0.3) is 0 Å². The summed E-state index contributed by atoms with van der Waals surface area (Å²) in [4.78, 5) is 66.4. The summed E-state index contributed by atoms with van der Waals surface area (Å²) in [6.45, 7) is 3.36. The largest absolute Gasteiger partial charge is 0.481 e. The number of aromatic amines is 1. The Balaban J connectivity index is 2.86. The molecule has 3 amide bonds. The molecule has 8 N–H and O–H groups in total. The maximum absolute atomic E-state index is 12.6. The van der Waals surface area contributed by atoms with Crippen molar-refractivity contribution in [2.75, 3.05) is 5.75 Å².